The van der Waals surface area contributed by atoms with E-state index in [0.29, 0.717) is 25.8 Å². The lowest BCUT2D eigenvalue weighted by Gasteiger charge is -2.30. The van der Waals surface area contributed by atoms with E-state index < -0.39 is 48.6 Å². The van der Waals surface area contributed by atoms with Gasteiger partial charge in [-0.2, -0.15) is 12.6 Å². The molecule has 0 saturated carbocycles. The van der Waals surface area contributed by atoms with Crippen LogP contribution in [0.15, 0.2) is 0 Å². The van der Waals surface area contributed by atoms with E-state index in [1.54, 1.807) is 6.92 Å². The fraction of sp³-hybridized carbons (Fsp3) is 0.765. The molecule has 1 fully saturated rings. The van der Waals surface area contributed by atoms with Crippen LogP contribution in [0.5, 0.6) is 0 Å². The maximum Gasteiger partial charge on any atom is 0.328 e. The summed E-state index contributed by atoms with van der Waals surface area (Å²) in [5, 5.41) is 23.0. The molecule has 10 nitrogen and oxygen atoms in total. The first-order valence-electron chi connectivity index (χ1n) is 9.29. The van der Waals surface area contributed by atoms with Gasteiger partial charge in [0.05, 0.1) is 12.6 Å². The Morgan fingerprint density at radius 3 is 2.43 bits per heavy atom. The lowest BCUT2D eigenvalue weighted by Crippen LogP contribution is -2.58. The van der Waals surface area contributed by atoms with Crippen molar-refractivity contribution < 1.29 is 29.4 Å². The maximum atomic E-state index is 12.8. The van der Waals surface area contributed by atoms with Crippen molar-refractivity contribution in [2.24, 2.45) is 11.7 Å². The zero-order valence-corrected chi connectivity index (χ0v) is 17.0. The molecular weight excluding hydrogens is 388 g/mol. The molecule has 0 aromatic carbocycles. The number of carboxylic acid groups (broad SMARTS) is 1. The molecule has 0 aliphatic carbocycles. The zero-order chi connectivity index (χ0) is 21.4. The number of carboxylic acids is 1. The van der Waals surface area contributed by atoms with E-state index >= 15 is 0 Å². The summed E-state index contributed by atoms with van der Waals surface area (Å²) in [6.07, 6.45) is 1.63. The Bertz CT molecular complexity index is 590. The van der Waals surface area contributed by atoms with Gasteiger partial charge in [-0.1, -0.05) is 20.3 Å². The first kappa shape index (κ1) is 24.2. The van der Waals surface area contributed by atoms with Crippen LogP contribution in [-0.2, 0) is 19.2 Å². The van der Waals surface area contributed by atoms with E-state index in [1.165, 1.54) is 4.90 Å². The number of aliphatic hydroxyl groups is 1. The SMILES string of the molecule is CCC(C)C(NC(=O)C1CCCN1C(=O)C(N)CS)C(=O)NC(CO)C(=O)O. The predicted octanol–water partition coefficient (Wildman–Crippen LogP) is -1.67. The molecule has 0 bridgehead atoms. The Hall–Kier alpha value is -1.85. The molecule has 0 spiro atoms. The fourth-order valence-electron chi connectivity index (χ4n) is 2.99. The van der Waals surface area contributed by atoms with Crippen molar-refractivity contribution in [1.29, 1.82) is 0 Å². The molecule has 5 atom stereocenters. The Kier molecular flexibility index (Phi) is 9.70. The van der Waals surface area contributed by atoms with Crippen LogP contribution in [0.25, 0.3) is 0 Å². The molecule has 0 radical (unpaired) electrons. The summed E-state index contributed by atoms with van der Waals surface area (Å²) in [6.45, 7) is 3.20. The van der Waals surface area contributed by atoms with E-state index in [9.17, 15) is 19.2 Å². The molecule has 0 aromatic heterocycles. The Morgan fingerprint density at radius 2 is 1.93 bits per heavy atom. The molecule has 1 aliphatic heterocycles. The number of likely N-dealkylation sites (tertiary alicyclic amines) is 1. The Morgan fingerprint density at radius 1 is 1.29 bits per heavy atom. The number of nitrogens with two attached hydrogens (primary N) is 1. The molecule has 0 aromatic rings. The molecule has 1 heterocycles. The number of rotatable bonds is 10. The number of aliphatic carboxylic acids is 1. The third kappa shape index (κ3) is 6.08. The molecule has 1 rings (SSSR count). The fourth-order valence-corrected chi connectivity index (χ4v) is 3.15. The number of carbonyl (C=O) groups excluding carboxylic acids is 3. The molecule has 1 saturated heterocycles. The number of nitrogens with one attached hydrogen (secondary N) is 2. The average molecular weight is 419 g/mol. The van der Waals surface area contributed by atoms with Gasteiger partial charge in [0, 0.05) is 12.3 Å². The van der Waals surface area contributed by atoms with Crippen molar-refractivity contribution in [3.8, 4) is 0 Å². The van der Waals surface area contributed by atoms with Gasteiger partial charge in [-0.25, -0.2) is 4.79 Å². The van der Waals surface area contributed by atoms with Gasteiger partial charge in [0.15, 0.2) is 0 Å². The van der Waals surface area contributed by atoms with Crippen molar-refractivity contribution in [3.05, 3.63) is 0 Å². The number of hydrogen-bond acceptors (Lipinski definition) is 7. The van der Waals surface area contributed by atoms with Crippen LogP contribution in [0.4, 0.5) is 0 Å². The van der Waals surface area contributed by atoms with Crippen LogP contribution in [0, 0.1) is 5.92 Å². The minimum Gasteiger partial charge on any atom is -0.480 e. The second-order valence-corrected chi connectivity index (χ2v) is 7.30. The van der Waals surface area contributed by atoms with Gasteiger partial charge >= 0.3 is 5.97 Å². The highest BCUT2D eigenvalue weighted by molar-refractivity contribution is 7.80. The van der Waals surface area contributed by atoms with Crippen LogP contribution in [-0.4, -0.2) is 81.9 Å². The topological polar surface area (TPSA) is 162 Å². The Balaban J connectivity index is 2.90. The molecule has 3 amide bonds. The van der Waals surface area contributed by atoms with E-state index in [2.05, 4.69) is 23.3 Å². The molecule has 11 heteroatoms. The molecule has 5 unspecified atom stereocenters. The van der Waals surface area contributed by atoms with Gasteiger partial charge in [-0.15, -0.1) is 0 Å². The van der Waals surface area contributed by atoms with Gasteiger partial charge in [-0.3, -0.25) is 14.4 Å². The summed E-state index contributed by atoms with van der Waals surface area (Å²) in [5.74, 6) is -3.08. The van der Waals surface area contributed by atoms with Crippen LogP contribution < -0.4 is 16.4 Å². The third-order valence-corrected chi connectivity index (χ3v) is 5.34. The summed E-state index contributed by atoms with van der Waals surface area (Å²) in [4.78, 5) is 50.1. The number of nitrogens with zero attached hydrogens (tertiary/aromatic N) is 1. The first-order chi connectivity index (χ1) is 13.2. The van der Waals surface area contributed by atoms with Gasteiger partial charge in [0.2, 0.25) is 17.7 Å². The number of aliphatic hydroxyl groups excluding tert-OH is 1. The molecule has 160 valence electrons. The zero-order valence-electron chi connectivity index (χ0n) is 16.1. The second-order valence-electron chi connectivity index (χ2n) is 6.93. The molecular formula is C17H30N4O6S. The summed E-state index contributed by atoms with van der Waals surface area (Å²) in [5.41, 5.74) is 5.73. The molecule has 1 aliphatic rings. The van der Waals surface area contributed by atoms with Gasteiger partial charge in [-0.05, 0) is 18.8 Å². The van der Waals surface area contributed by atoms with Crippen LogP contribution in [0.3, 0.4) is 0 Å². The highest BCUT2D eigenvalue weighted by Gasteiger charge is 2.38. The number of thiol groups is 1. The number of carbonyl (C=O) groups is 4. The number of hydrogen-bond donors (Lipinski definition) is 6. The van der Waals surface area contributed by atoms with Crippen LogP contribution in [0.1, 0.15) is 33.1 Å². The summed E-state index contributed by atoms with van der Waals surface area (Å²) < 4.78 is 0. The summed E-state index contributed by atoms with van der Waals surface area (Å²) in [6, 6.07) is -4.02. The second kappa shape index (κ2) is 11.2. The smallest absolute Gasteiger partial charge is 0.328 e. The highest BCUT2D eigenvalue weighted by Crippen LogP contribution is 2.19. The third-order valence-electron chi connectivity index (χ3n) is 4.94. The monoisotopic (exact) mass is 418 g/mol. The number of amides is 3. The minimum absolute atomic E-state index is 0.152. The lowest BCUT2D eigenvalue weighted by molar-refractivity contribution is -0.144. The van der Waals surface area contributed by atoms with E-state index in [-0.39, 0.29) is 17.6 Å². The van der Waals surface area contributed by atoms with Gasteiger partial charge in [0.25, 0.3) is 0 Å². The quantitative estimate of drug-likeness (QED) is 0.231. The predicted molar refractivity (Wildman–Crippen MR) is 105 cm³/mol. The van der Waals surface area contributed by atoms with E-state index in [0.717, 1.165) is 0 Å². The van der Waals surface area contributed by atoms with Crippen molar-refractivity contribution in [1.82, 2.24) is 15.5 Å². The van der Waals surface area contributed by atoms with Crippen molar-refractivity contribution in [2.75, 3.05) is 18.9 Å². The van der Waals surface area contributed by atoms with Crippen LogP contribution >= 0.6 is 12.6 Å². The van der Waals surface area contributed by atoms with Crippen molar-refractivity contribution in [3.63, 3.8) is 0 Å². The van der Waals surface area contributed by atoms with E-state index in [1.807, 2.05) is 6.92 Å². The maximum absolute atomic E-state index is 12.8. The molecule has 28 heavy (non-hydrogen) atoms. The summed E-state index contributed by atoms with van der Waals surface area (Å²) >= 11 is 4.01. The molecule has 6 N–H and O–H groups in total. The largest absolute Gasteiger partial charge is 0.480 e. The average Bonchev–Trinajstić information content (AvgIpc) is 3.17. The van der Waals surface area contributed by atoms with Crippen LogP contribution in [0.2, 0.25) is 0 Å². The lowest BCUT2D eigenvalue weighted by atomic mass is 9.97. The normalized spacial score (nSPS) is 20.8. The van der Waals surface area contributed by atoms with E-state index in [4.69, 9.17) is 15.9 Å². The standard InChI is InChI=1S/C17H30N4O6S/c1-3-9(2)13(15(24)19-11(7-22)17(26)27)20-14(23)12-5-4-6-21(12)16(25)10(18)8-28/h9-13,22,28H,3-8,18H2,1-2H3,(H,19,24)(H,20,23)(H,26,27). The first-order valence-corrected chi connectivity index (χ1v) is 9.92. The van der Waals surface area contributed by atoms with Gasteiger partial charge in [0.1, 0.15) is 18.1 Å². The summed E-state index contributed by atoms with van der Waals surface area (Å²) in [7, 11) is 0. The highest BCUT2D eigenvalue weighted by atomic mass is 32.1. The Labute approximate surface area is 169 Å². The minimum atomic E-state index is -1.46. The van der Waals surface area contributed by atoms with Crippen molar-refractivity contribution >= 4 is 36.3 Å². The van der Waals surface area contributed by atoms with Crippen molar-refractivity contribution in [2.45, 2.75) is 57.3 Å². The van der Waals surface area contributed by atoms with Gasteiger partial charge < -0.3 is 31.5 Å².